The molecule has 1 heterocycles. The van der Waals surface area contributed by atoms with Crippen molar-refractivity contribution in [1.29, 1.82) is 0 Å². The van der Waals surface area contributed by atoms with Crippen LogP contribution in [0.2, 0.25) is 5.02 Å². The predicted molar refractivity (Wildman–Crippen MR) is 100 cm³/mol. The Morgan fingerprint density at radius 2 is 1.76 bits per heavy atom. The molecule has 0 radical (unpaired) electrons. The van der Waals surface area contributed by atoms with E-state index in [9.17, 15) is 22.8 Å². The standard InChI is InChI=1S/C21H14ClF3O4/c1-11-3-6-17(14(9-11)12(2)26)29-20(27)19-8-7-18(28-19)15-10-13(21(23,24)25)4-5-16(15)22/h3-10H,1-2H3. The molecule has 0 atom stereocenters. The van der Waals surface area contributed by atoms with Crippen LogP contribution in [-0.4, -0.2) is 11.8 Å². The molecule has 0 aliphatic heterocycles. The van der Waals surface area contributed by atoms with Crippen LogP contribution in [0.4, 0.5) is 13.2 Å². The molecule has 0 saturated heterocycles. The highest BCUT2D eigenvalue weighted by atomic mass is 35.5. The van der Waals surface area contributed by atoms with E-state index in [0.29, 0.717) is 0 Å². The summed E-state index contributed by atoms with van der Waals surface area (Å²) >= 11 is 5.99. The summed E-state index contributed by atoms with van der Waals surface area (Å²) in [6.45, 7) is 3.13. The van der Waals surface area contributed by atoms with Crippen LogP contribution < -0.4 is 4.74 Å². The van der Waals surface area contributed by atoms with Crippen LogP contribution in [0.1, 0.15) is 39.0 Å². The van der Waals surface area contributed by atoms with Crippen molar-refractivity contribution in [3.8, 4) is 17.1 Å². The van der Waals surface area contributed by atoms with E-state index in [-0.39, 0.29) is 39.2 Å². The van der Waals surface area contributed by atoms with E-state index in [0.717, 1.165) is 23.8 Å². The predicted octanol–water partition coefficient (Wildman–Crippen LogP) is 6.35. The van der Waals surface area contributed by atoms with Crippen LogP contribution in [0.15, 0.2) is 52.9 Å². The molecule has 0 unspecified atom stereocenters. The summed E-state index contributed by atoms with van der Waals surface area (Å²) in [6.07, 6.45) is -4.55. The number of ketones is 1. The Bertz CT molecular complexity index is 1100. The molecule has 3 rings (SSSR count). The number of aryl methyl sites for hydroxylation is 1. The third-order valence-corrected chi connectivity index (χ3v) is 4.41. The van der Waals surface area contributed by atoms with Gasteiger partial charge >= 0.3 is 12.1 Å². The average Bonchev–Trinajstić information content (AvgIpc) is 3.12. The number of furan rings is 1. The van der Waals surface area contributed by atoms with Gasteiger partial charge in [-0.3, -0.25) is 4.79 Å². The zero-order chi connectivity index (χ0) is 21.3. The highest BCUT2D eigenvalue weighted by molar-refractivity contribution is 6.33. The number of rotatable bonds is 4. The second-order valence-corrected chi connectivity index (χ2v) is 6.71. The molecule has 2 aromatic carbocycles. The fourth-order valence-corrected chi connectivity index (χ4v) is 2.85. The largest absolute Gasteiger partial charge is 0.449 e. The summed E-state index contributed by atoms with van der Waals surface area (Å²) < 4.78 is 49.4. The second-order valence-electron chi connectivity index (χ2n) is 6.30. The van der Waals surface area contributed by atoms with Crippen LogP contribution in [0, 0.1) is 6.92 Å². The van der Waals surface area contributed by atoms with Gasteiger partial charge in [0.15, 0.2) is 5.78 Å². The lowest BCUT2D eigenvalue weighted by molar-refractivity contribution is -0.137. The molecule has 0 bridgehead atoms. The smallest absolute Gasteiger partial charge is 0.416 e. The summed E-state index contributed by atoms with van der Waals surface area (Å²) in [7, 11) is 0. The van der Waals surface area contributed by atoms with Gasteiger partial charge in [0, 0.05) is 5.56 Å². The fourth-order valence-electron chi connectivity index (χ4n) is 2.64. The number of ether oxygens (including phenoxy) is 1. The Kier molecular flexibility index (Phi) is 5.53. The highest BCUT2D eigenvalue weighted by Gasteiger charge is 2.31. The zero-order valence-corrected chi connectivity index (χ0v) is 16.0. The topological polar surface area (TPSA) is 56.5 Å². The molecule has 0 saturated carbocycles. The van der Waals surface area contributed by atoms with Gasteiger partial charge in [-0.15, -0.1) is 0 Å². The van der Waals surface area contributed by atoms with E-state index in [1.54, 1.807) is 19.1 Å². The lowest BCUT2D eigenvalue weighted by Crippen LogP contribution is -2.10. The molecule has 4 nitrogen and oxygen atoms in total. The molecule has 29 heavy (non-hydrogen) atoms. The van der Waals surface area contributed by atoms with E-state index in [4.69, 9.17) is 20.8 Å². The van der Waals surface area contributed by atoms with Crippen molar-refractivity contribution in [2.45, 2.75) is 20.0 Å². The Hall–Kier alpha value is -3.06. The third kappa shape index (κ3) is 4.51. The average molecular weight is 423 g/mol. The minimum Gasteiger partial charge on any atom is -0.449 e. The van der Waals surface area contributed by atoms with Crippen molar-refractivity contribution < 1.29 is 31.9 Å². The van der Waals surface area contributed by atoms with E-state index in [2.05, 4.69) is 0 Å². The molecule has 0 N–H and O–H groups in total. The lowest BCUT2D eigenvalue weighted by atomic mass is 10.1. The first kappa shape index (κ1) is 20.7. The van der Waals surface area contributed by atoms with Crippen molar-refractivity contribution in [2.75, 3.05) is 0 Å². The van der Waals surface area contributed by atoms with Gasteiger partial charge in [-0.2, -0.15) is 13.2 Å². The Balaban J connectivity index is 1.90. The monoisotopic (exact) mass is 422 g/mol. The summed E-state index contributed by atoms with van der Waals surface area (Å²) in [6, 6.07) is 10.1. The van der Waals surface area contributed by atoms with E-state index in [1.165, 1.54) is 25.1 Å². The summed E-state index contributed by atoms with van der Waals surface area (Å²) in [5, 5.41) is 0.0321. The number of hydrogen-bond donors (Lipinski definition) is 0. The van der Waals surface area contributed by atoms with E-state index >= 15 is 0 Å². The maximum absolute atomic E-state index is 12.9. The quantitative estimate of drug-likeness (QED) is 0.279. The minimum absolute atomic E-state index is 0.0136. The minimum atomic E-state index is -4.55. The number of benzene rings is 2. The SMILES string of the molecule is CC(=O)c1cc(C)ccc1OC(=O)c1ccc(-c2cc(C(F)(F)F)ccc2Cl)o1. The van der Waals surface area contributed by atoms with Crippen LogP contribution in [-0.2, 0) is 6.18 Å². The number of carbonyl (C=O) groups excluding carboxylic acids is 2. The lowest BCUT2D eigenvalue weighted by Gasteiger charge is -2.09. The second kappa shape index (κ2) is 7.75. The van der Waals surface area contributed by atoms with Gasteiger partial charge < -0.3 is 9.15 Å². The maximum atomic E-state index is 12.9. The van der Waals surface area contributed by atoms with Crippen LogP contribution in [0.3, 0.4) is 0 Å². The van der Waals surface area contributed by atoms with Gasteiger partial charge in [0.1, 0.15) is 11.5 Å². The molecule has 0 aliphatic carbocycles. The zero-order valence-electron chi connectivity index (χ0n) is 15.3. The summed E-state index contributed by atoms with van der Waals surface area (Å²) in [5.74, 6) is -1.39. The molecule has 8 heteroatoms. The molecule has 0 amide bonds. The van der Waals surface area contributed by atoms with Gasteiger partial charge in [0.05, 0.1) is 16.1 Å². The van der Waals surface area contributed by atoms with Crippen LogP contribution in [0.25, 0.3) is 11.3 Å². The Morgan fingerprint density at radius 1 is 1.03 bits per heavy atom. The van der Waals surface area contributed by atoms with Crippen LogP contribution in [0.5, 0.6) is 5.75 Å². The van der Waals surface area contributed by atoms with Gasteiger partial charge in [-0.25, -0.2) is 4.79 Å². The molecular formula is C21H14ClF3O4. The van der Waals surface area contributed by atoms with Gasteiger partial charge in [-0.05, 0) is 56.3 Å². The molecule has 3 aromatic rings. The Morgan fingerprint density at radius 3 is 2.41 bits per heavy atom. The van der Waals surface area contributed by atoms with Gasteiger partial charge in [0.2, 0.25) is 5.76 Å². The summed E-state index contributed by atoms with van der Waals surface area (Å²) in [5.41, 5.74) is 0.129. The molecule has 1 aromatic heterocycles. The highest BCUT2D eigenvalue weighted by Crippen LogP contribution is 2.36. The van der Waals surface area contributed by atoms with E-state index in [1.807, 2.05) is 0 Å². The van der Waals surface area contributed by atoms with Crippen LogP contribution >= 0.6 is 11.6 Å². The van der Waals surface area contributed by atoms with Crippen molar-refractivity contribution in [3.63, 3.8) is 0 Å². The molecule has 0 aliphatic rings. The number of halogens is 4. The molecular weight excluding hydrogens is 409 g/mol. The third-order valence-electron chi connectivity index (χ3n) is 4.08. The molecule has 0 spiro atoms. The van der Waals surface area contributed by atoms with Gasteiger partial charge in [-0.1, -0.05) is 23.2 Å². The van der Waals surface area contributed by atoms with Crippen molar-refractivity contribution in [3.05, 3.63) is 76.0 Å². The first-order chi connectivity index (χ1) is 13.6. The van der Waals surface area contributed by atoms with Crippen molar-refractivity contribution in [1.82, 2.24) is 0 Å². The molecule has 150 valence electrons. The number of Topliss-reactive ketones (excluding diaryl/α,β-unsaturated/α-hetero) is 1. The number of esters is 1. The van der Waals surface area contributed by atoms with Crippen molar-refractivity contribution >= 4 is 23.4 Å². The van der Waals surface area contributed by atoms with Crippen molar-refractivity contribution in [2.24, 2.45) is 0 Å². The first-order valence-electron chi connectivity index (χ1n) is 8.37. The first-order valence-corrected chi connectivity index (χ1v) is 8.75. The maximum Gasteiger partial charge on any atom is 0.416 e. The fraction of sp³-hybridized carbons (Fsp3) is 0.143. The van der Waals surface area contributed by atoms with Gasteiger partial charge in [0.25, 0.3) is 0 Å². The van der Waals surface area contributed by atoms with E-state index < -0.39 is 17.7 Å². The number of hydrogen-bond acceptors (Lipinski definition) is 4. The normalized spacial score (nSPS) is 11.4. The number of alkyl halides is 3. The molecule has 0 fully saturated rings. The Labute approximate surface area is 168 Å². The number of carbonyl (C=O) groups is 2. The summed E-state index contributed by atoms with van der Waals surface area (Å²) in [4.78, 5) is 24.1.